The number of nitrogens with zero attached hydrogens (tertiary/aromatic N) is 1. The van der Waals surface area contributed by atoms with Gasteiger partial charge in [-0.1, -0.05) is 34.1 Å². The normalized spacial score (nSPS) is 15.0. The SMILES string of the molecule is CC[C@H](C)[C@H](NC(=O)[C@H](CCC(=O)O)NC(=O)[C@H](CCSC)NC(=O)[C@H](CC(C)C)NC(=O)[C@H](CCCCN)NC(=O)[C@@H](N)CCCN=C(N)N)C(=O)O. The van der Waals surface area contributed by atoms with Gasteiger partial charge in [0.05, 0.1) is 6.04 Å². The molecular formula is C34H64N10O9S. The van der Waals surface area contributed by atoms with Crippen LogP contribution in [0.1, 0.15) is 91.9 Å². The van der Waals surface area contributed by atoms with Crippen LogP contribution in [0.2, 0.25) is 0 Å². The Morgan fingerprint density at radius 1 is 0.704 bits per heavy atom. The number of hydrogen-bond acceptors (Lipinski definition) is 11. The lowest BCUT2D eigenvalue weighted by atomic mass is 9.98. The number of guanidine groups is 1. The van der Waals surface area contributed by atoms with Gasteiger partial charge in [0.2, 0.25) is 29.5 Å². The van der Waals surface area contributed by atoms with E-state index in [4.69, 9.17) is 22.9 Å². The summed E-state index contributed by atoms with van der Waals surface area (Å²) in [6.07, 6.45) is 3.59. The van der Waals surface area contributed by atoms with Gasteiger partial charge in [0, 0.05) is 13.0 Å². The minimum atomic E-state index is -1.42. The van der Waals surface area contributed by atoms with E-state index in [1.54, 1.807) is 20.1 Å². The van der Waals surface area contributed by atoms with Gasteiger partial charge in [-0.3, -0.25) is 33.8 Å². The molecule has 0 bridgehead atoms. The standard InChI is InChI=1S/C34H64N10O9S/c1-6-20(4)27(33(52)53)44-31(50)23(12-13-26(45)46)41-30(49)24(14-17-54-5)42-32(51)25(18-19(2)3)43-29(48)22(11-7-8-15-35)40-28(47)21(36)10-9-16-39-34(37)38/h19-25,27H,6-18,35-36H2,1-5H3,(H,40,47)(H,41,49)(H,42,51)(H,43,48)(H,44,50)(H,45,46)(H,52,53)(H4,37,38,39)/t20-,21-,22-,23-,24-,25-,27-/m0/s1. The van der Waals surface area contributed by atoms with Gasteiger partial charge in [-0.25, -0.2) is 4.79 Å². The number of nitrogens with two attached hydrogens (primary N) is 4. The van der Waals surface area contributed by atoms with E-state index in [0.29, 0.717) is 38.0 Å². The zero-order valence-corrected chi connectivity index (χ0v) is 33.0. The minimum absolute atomic E-state index is 0.0867. The number of carboxylic acids is 2. The molecule has 15 N–H and O–H groups in total. The fraction of sp³-hybridized carbons (Fsp3) is 0.765. The van der Waals surface area contributed by atoms with Crippen molar-refractivity contribution < 1.29 is 43.8 Å². The second kappa shape index (κ2) is 27.4. The van der Waals surface area contributed by atoms with Crippen molar-refractivity contribution in [2.45, 2.75) is 128 Å². The fourth-order valence-corrected chi connectivity index (χ4v) is 5.66. The maximum atomic E-state index is 13.8. The third-order valence-electron chi connectivity index (χ3n) is 8.52. The smallest absolute Gasteiger partial charge is 0.326 e. The Hall–Kier alpha value is -4.17. The van der Waals surface area contributed by atoms with Crippen LogP contribution in [-0.4, -0.2) is 119 Å². The Labute approximate surface area is 322 Å². The Balaban J connectivity index is 6.16. The highest BCUT2D eigenvalue weighted by atomic mass is 32.2. The predicted octanol–water partition coefficient (Wildman–Crippen LogP) is -1.29. The molecule has 20 heteroatoms. The van der Waals surface area contributed by atoms with E-state index in [1.165, 1.54) is 11.8 Å². The van der Waals surface area contributed by atoms with E-state index in [0.717, 1.165) is 0 Å². The van der Waals surface area contributed by atoms with Crippen LogP contribution in [0.15, 0.2) is 4.99 Å². The van der Waals surface area contributed by atoms with Crippen LogP contribution in [0.25, 0.3) is 0 Å². The number of carbonyl (C=O) groups is 7. The molecule has 0 aromatic heterocycles. The quantitative estimate of drug-likeness (QED) is 0.0239. The zero-order valence-electron chi connectivity index (χ0n) is 32.2. The van der Waals surface area contributed by atoms with E-state index in [-0.39, 0.29) is 50.5 Å². The number of rotatable bonds is 29. The van der Waals surface area contributed by atoms with E-state index < -0.39 is 90.1 Å². The number of thioether (sulfide) groups is 1. The van der Waals surface area contributed by atoms with Gasteiger partial charge in [-0.05, 0) is 81.8 Å². The van der Waals surface area contributed by atoms with Crippen LogP contribution in [0.5, 0.6) is 0 Å². The van der Waals surface area contributed by atoms with E-state index in [9.17, 15) is 43.8 Å². The molecule has 19 nitrogen and oxygen atoms in total. The first kappa shape index (κ1) is 49.8. The Morgan fingerprint density at radius 2 is 1.22 bits per heavy atom. The lowest BCUT2D eigenvalue weighted by Gasteiger charge is -2.28. The lowest BCUT2D eigenvalue weighted by molar-refractivity contribution is -0.144. The van der Waals surface area contributed by atoms with Gasteiger partial charge < -0.3 is 59.7 Å². The molecule has 5 amide bonds. The first-order chi connectivity index (χ1) is 25.4. The van der Waals surface area contributed by atoms with Gasteiger partial charge in [0.1, 0.15) is 30.2 Å². The van der Waals surface area contributed by atoms with Crippen LogP contribution in [-0.2, 0) is 33.6 Å². The second-order valence-corrected chi connectivity index (χ2v) is 14.6. The molecule has 0 rings (SSSR count). The van der Waals surface area contributed by atoms with E-state index >= 15 is 0 Å². The summed E-state index contributed by atoms with van der Waals surface area (Å²) in [7, 11) is 0. The summed E-state index contributed by atoms with van der Waals surface area (Å²) in [5, 5.41) is 31.9. The minimum Gasteiger partial charge on any atom is -0.481 e. The van der Waals surface area contributed by atoms with Gasteiger partial charge in [0.15, 0.2) is 5.96 Å². The maximum Gasteiger partial charge on any atom is 0.326 e. The molecule has 0 aliphatic rings. The number of carboxylic acid groups (broad SMARTS) is 2. The van der Waals surface area contributed by atoms with Crippen LogP contribution < -0.4 is 49.5 Å². The van der Waals surface area contributed by atoms with Crippen LogP contribution in [0.3, 0.4) is 0 Å². The van der Waals surface area contributed by atoms with Crippen molar-refractivity contribution in [2.75, 3.05) is 25.1 Å². The largest absolute Gasteiger partial charge is 0.481 e. The van der Waals surface area contributed by atoms with Crippen molar-refractivity contribution >= 4 is 59.2 Å². The number of aliphatic imine (C=N–C) groups is 1. The van der Waals surface area contributed by atoms with Gasteiger partial charge in [-0.15, -0.1) is 0 Å². The molecule has 7 atom stereocenters. The number of nitrogens with one attached hydrogen (secondary N) is 5. The number of amides is 5. The molecule has 0 saturated carbocycles. The maximum absolute atomic E-state index is 13.8. The lowest BCUT2D eigenvalue weighted by Crippen LogP contribution is -2.59. The summed E-state index contributed by atoms with van der Waals surface area (Å²) in [4.78, 5) is 94.3. The number of unbranched alkanes of at least 4 members (excludes halogenated alkanes) is 1. The van der Waals surface area contributed by atoms with Crippen molar-refractivity contribution in [3.63, 3.8) is 0 Å². The van der Waals surface area contributed by atoms with Gasteiger partial charge >= 0.3 is 11.9 Å². The summed E-state index contributed by atoms with van der Waals surface area (Å²) >= 11 is 1.39. The molecule has 54 heavy (non-hydrogen) atoms. The third-order valence-corrected chi connectivity index (χ3v) is 9.17. The summed E-state index contributed by atoms with van der Waals surface area (Å²) < 4.78 is 0. The summed E-state index contributed by atoms with van der Waals surface area (Å²) in [6, 6.07) is -7.06. The zero-order chi connectivity index (χ0) is 41.4. The summed E-state index contributed by atoms with van der Waals surface area (Å²) in [6.45, 7) is 7.68. The Bertz CT molecular complexity index is 1250. The van der Waals surface area contributed by atoms with Crippen molar-refractivity contribution in [2.24, 2.45) is 39.8 Å². The van der Waals surface area contributed by atoms with Crippen molar-refractivity contribution in [1.29, 1.82) is 0 Å². The van der Waals surface area contributed by atoms with Gasteiger partial charge in [-0.2, -0.15) is 11.8 Å². The molecule has 0 aromatic carbocycles. The Kier molecular flexibility index (Phi) is 25.3. The molecule has 0 aliphatic heterocycles. The molecule has 0 spiro atoms. The monoisotopic (exact) mass is 788 g/mol. The van der Waals surface area contributed by atoms with Crippen LogP contribution >= 0.6 is 11.8 Å². The van der Waals surface area contributed by atoms with Crippen molar-refractivity contribution in [3.05, 3.63) is 0 Å². The van der Waals surface area contributed by atoms with Gasteiger partial charge in [0.25, 0.3) is 0 Å². The molecule has 310 valence electrons. The van der Waals surface area contributed by atoms with Crippen molar-refractivity contribution in [1.82, 2.24) is 26.6 Å². The summed E-state index contributed by atoms with van der Waals surface area (Å²) in [5.41, 5.74) is 22.4. The third kappa shape index (κ3) is 20.9. The fourth-order valence-electron chi connectivity index (χ4n) is 5.19. The Morgan fingerprint density at radius 3 is 1.72 bits per heavy atom. The van der Waals surface area contributed by atoms with Crippen LogP contribution in [0.4, 0.5) is 0 Å². The van der Waals surface area contributed by atoms with Crippen LogP contribution in [0, 0.1) is 11.8 Å². The predicted molar refractivity (Wildman–Crippen MR) is 207 cm³/mol. The average Bonchev–Trinajstić information content (AvgIpc) is 3.10. The first-order valence-corrected chi connectivity index (χ1v) is 19.7. The second-order valence-electron chi connectivity index (χ2n) is 13.6. The highest BCUT2D eigenvalue weighted by molar-refractivity contribution is 7.98. The molecule has 0 unspecified atom stereocenters. The molecule has 0 aliphatic carbocycles. The molecule has 0 heterocycles. The summed E-state index contributed by atoms with van der Waals surface area (Å²) in [5.74, 6) is -6.35. The van der Waals surface area contributed by atoms with E-state index in [2.05, 4.69) is 31.6 Å². The number of hydrogen-bond donors (Lipinski definition) is 11. The topological polar surface area (TPSA) is 337 Å². The average molecular weight is 789 g/mol. The highest BCUT2D eigenvalue weighted by Gasteiger charge is 2.34. The number of carbonyl (C=O) groups excluding carboxylic acids is 5. The molecule has 0 fully saturated rings. The molecule has 0 saturated heterocycles. The number of aliphatic carboxylic acids is 2. The van der Waals surface area contributed by atoms with Crippen molar-refractivity contribution in [3.8, 4) is 0 Å². The molecule has 0 aromatic rings. The molecular weight excluding hydrogens is 725 g/mol. The highest BCUT2D eigenvalue weighted by Crippen LogP contribution is 2.12. The first-order valence-electron chi connectivity index (χ1n) is 18.3. The van der Waals surface area contributed by atoms with E-state index in [1.807, 2.05) is 13.8 Å². The molecule has 0 radical (unpaired) electrons.